The molecule has 4 nitrogen and oxygen atoms in total. The Hall–Kier alpha value is -1.55. The van der Waals surface area contributed by atoms with Gasteiger partial charge in [-0.15, -0.1) is 0 Å². The van der Waals surface area contributed by atoms with Gasteiger partial charge >= 0.3 is 0 Å². The molecule has 0 aromatic heterocycles. The van der Waals surface area contributed by atoms with Crippen LogP contribution in [0, 0.1) is 0 Å². The molecule has 1 aromatic carbocycles. The highest BCUT2D eigenvalue weighted by molar-refractivity contribution is 5.81. The van der Waals surface area contributed by atoms with E-state index in [-0.39, 0.29) is 11.9 Å². The van der Waals surface area contributed by atoms with E-state index in [1.54, 1.807) is 6.92 Å². The number of hydrogen-bond acceptors (Lipinski definition) is 3. The summed E-state index contributed by atoms with van der Waals surface area (Å²) < 4.78 is 5.79. The number of hydrogen-bond donors (Lipinski definition) is 2. The summed E-state index contributed by atoms with van der Waals surface area (Å²) in [4.78, 5) is 12.1. The van der Waals surface area contributed by atoms with Gasteiger partial charge in [-0.3, -0.25) is 4.79 Å². The largest absolute Gasteiger partial charge is 0.481 e. The van der Waals surface area contributed by atoms with Crippen molar-refractivity contribution in [1.29, 1.82) is 0 Å². The van der Waals surface area contributed by atoms with Crippen LogP contribution < -0.4 is 15.4 Å². The van der Waals surface area contributed by atoms with Crippen LogP contribution in [0.5, 0.6) is 5.75 Å². The van der Waals surface area contributed by atoms with Crippen molar-refractivity contribution in [3.05, 3.63) is 29.8 Å². The lowest BCUT2D eigenvalue weighted by molar-refractivity contribution is -0.127. The molecule has 112 valence electrons. The van der Waals surface area contributed by atoms with Crippen molar-refractivity contribution >= 4 is 5.91 Å². The van der Waals surface area contributed by atoms with Gasteiger partial charge in [-0.2, -0.15) is 0 Å². The van der Waals surface area contributed by atoms with E-state index in [0.717, 1.165) is 30.7 Å². The molecule has 1 amide bonds. The van der Waals surface area contributed by atoms with Crippen molar-refractivity contribution in [2.45, 2.75) is 52.3 Å². The highest BCUT2D eigenvalue weighted by Crippen LogP contribution is 2.19. The second-order valence-electron chi connectivity index (χ2n) is 5.10. The second-order valence-corrected chi connectivity index (χ2v) is 5.10. The Balaban J connectivity index is 2.61. The molecular weight excluding hydrogens is 252 g/mol. The molecule has 1 rings (SSSR count). The average Bonchev–Trinajstić information content (AvgIpc) is 2.41. The third-order valence-corrected chi connectivity index (χ3v) is 3.12. The summed E-state index contributed by atoms with van der Waals surface area (Å²) in [7, 11) is 1.89. The van der Waals surface area contributed by atoms with Gasteiger partial charge in [-0.1, -0.05) is 31.5 Å². The van der Waals surface area contributed by atoms with Crippen LogP contribution in [0.1, 0.15) is 39.2 Å². The van der Waals surface area contributed by atoms with Gasteiger partial charge in [0.05, 0.1) is 0 Å². The molecule has 1 aromatic rings. The summed E-state index contributed by atoms with van der Waals surface area (Å²) in [5.41, 5.74) is 1.05. The molecule has 0 aliphatic carbocycles. The molecule has 0 saturated carbocycles. The molecule has 4 heteroatoms. The number of benzene rings is 1. The minimum Gasteiger partial charge on any atom is -0.481 e. The number of nitrogens with one attached hydrogen (secondary N) is 2. The maximum absolute atomic E-state index is 12.1. The van der Waals surface area contributed by atoms with Crippen LogP contribution in [0.4, 0.5) is 0 Å². The number of para-hydroxylation sites is 1. The summed E-state index contributed by atoms with van der Waals surface area (Å²) in [5, 5.41) is 6.07. The summed E-state index contributed by atoms with van der Waals surface area (Å²) in [6.07, 6.45) is 1.54. The molecule has 0 fully saturated rings. The van der Waals surface area contributed by atoms with Crippen LogP contribution >= 0.6 is 0 Å². The normalized spacial score (nSPS) is 13.6. The zero-order valence-electron chi connectivity index (χ0n) is 12.9. The molecule has 0 heterocycles. The minimum absolute atomic E-state index is 0.0646. The molecule has 0 radical (unpaired) electrons. The van der Waals surface area contributed by atoms with E-state index in [1.807, 2.05) is 38.2 Å². The first kappa shape index (κ1) is 16.5. The molecule has 0 saturated heterocycles. The lowest BCUT2D eigenvalue weighted by atomic mass is 10.2. The average molecular weight is 278 g/mol. The van der Waals surface area contributed by atoms with Gasteiger partial charge in [0.1, 0.15) is 5.75 Å². The van der Waals surface area contributed by atoms with Crippen LogP contribution in [0.25, 0.3) is 0 Å². The molecule has 0 aliphatic heterocycles. The van der Waals surface area contributed by atoms with E-state index in [0.29, 0.717) is 0 Å². The maximum Gasteiger partial charge on any atom is 0.260 e. The minimum atomic E-state index is -0.493. The Kier molecular flexibility index (Phi) is 7.09. The van der Waals surface area contributed by atoms with Crippen molar-refractivity contribution in [2.75, 3.05) is 7.05 Å². The quantitative estimate of drug-likeness (QED) is 0.768. The van der Waals surface area contributed by atoms with E-state index in [9.17, 15) is 4.79 Å². The monoisotopic (exact) mass is 278 g/mol. The highest BCUT2D eigenvalue weighted by atomic mass is 16.5. The molecule has 20 heavy (non-hydrogen) atoms. The van der Waals surface area contributed by atoms with Crippen molar-refractivity contribution in [2.24, 2.45) is 0 Å². The van der Waals surface area contributed by atoms with Crippen LogP contribution in [0.15, 0.2) is 24.3 Å². The van der Waals surface area contributed by atoms with Gasteiger partial charge in [0.15, 0.2) is 6.10 Å². The molecule has 2 atom stereocenters. The number of carbonyl (C=O) groups is 1. The second kappa shape index (κ2) is 8.59. The predicted octanol–water partition coefficient (Wildman–Crippen LogP) is 2.48. The summed E-state index contributed by atoms with van der Waals surface area (Å²) >= 11 is 0. The van der Waals surface area contributed by atoms with Gasteiger partial charge in [-0.25, -0.2) is 0 Å². The van der Waals surface area contributed by atoms with Gasteiger partial charge < -0.3 is 15.4 Å². The molecular formula is C16H26N2O2. The first-order chi connectivity index (χ1) is 9.58. The van der Waals surface area contributed by atoms with Gasteiger partial charge in [0.2, 0.25) is 0 Å². The van der Waals surface area contributed by atoms with E-state index in [4.69, 9.17) is 4.74 Å². The summed E-state index contributed by atoms with van der Waals surface area (Å²) in [6, 6.07) is 7.96. The third kappa shape index (κ3) is 5.21. The van der Waals surface area contributed by atoms with E-state index < -0.39 is 6.10 Å². The first-order valence-electron chi connectivity index (χ1n) is 7.28. The Labute approximate surface area is 121 Å². The van der Waals surface area contributed by atoms with Crippen LogP contribution in [-0.4, -0.2) is 25.1 Å². The molecule has 2 unspecified atom stereocenters. The maximum atomic E-state index is 12.1. The predicted molar refractivity (Wildman–Crippen MR) is 81.8 cm³/mol. The lowest BCUT2D eigenvalue weighted by Gasteiger charge is -2.19. The van der Waals surface area contributed by atoms with Crippen molar-refractivity contribution < 1.29 is 9.53 Å². The Bertz CT molecular complexity index is 421. The van der Waals surface area contributed by atoms with Crippen molar-refractivity contribution in [1.82, 2.24) is 10.6 Å². The van der Waals surface area contributed by atoms with Crippen molar-refractivity contribution in [3.63, 3.8) is 0 Å². The lowest BCUT2D eigenvalue weighted by Crippen LogP contribution is -2.41. The first-order valence-corrected chi connectivity index (χ1v) is 7.28. The van der Waals surface area contributed by atoms with Crippen LogP contribution in [0.3, 0.4) is 0 Å². The topological polar surface area (TPSA) is 50.4 Å². The number of amides is 1. The SMILES string of the molecule is CCCC(C)NC(=O)C(C)Oc1ccccc1CNC. The number of carbonyl (C=O) groups excluding carboxylic acids is 1. The highest BCUT2D eigenvalue weighted by Gasteiger charge is 2.17. The number of ether oxygens (including phenoxy) is 1. The summed E-state index contributed by atoms with van der Waals surface area (Å²) in [5.74, 6) is 0.692. The van der Waals surface area contributed by atoms with E-state index in [1.165, 1.54) is 0 Å². The molecule has 2 N–H and O–H groups in total. The Morgan fingerprint density at radius 2 is 2.00 bits per heavy atom. The molecule has 0 spiro atoms. The van der Waals surface area contributed by atoms with Crippen molar-refractivity contribution in [3.8, 4) is 5.75 Å². The smallest absolute Gasteiger partial charge is 0.260 e. The Morgan fingerprint density at radius 3 is 2.65 bits per heavy atom. The zero-order valence-corrected chi connectivity index (χ0v) is 12.9. The molecule has 0 aliphatic rings. The zero-order chi connectivity index (χ0) is 15.0. The number of rotatable bonds is 8. The fourth-order valence-corrected chi connectivity index (χ4v) is 2.06. The van der Waals surface area contributed by atoms with Gasteiger partial charge in [0.25, 0.3) is 5.91 Å². The van der Waals surface area contributed by atoms with E-state index in [2.05, 4.69) is 17.6 Å². The van der Waals surface area contributed by atoms with Gasteiger partial charge in [-0.05, 0) is 33.4 Å². The van der Waals surface area contributed by atoms with Crippen LogP contribution in [-0.2, 0) is 11.3 Å². The van der Waals surface area contributed by atoms with E-state index >= 15 is 0 Å². The fraction of sp³-hybridized carbons (Fsp3) is 0.562. The standard InChI is InChI=1S/C16H26N2O2/c1-5-8-12(2)18-16(19)13(3)20-15-10-7-6-9-14(15)11-17-4/h6-7,9-10,12-13,17H,5,8,11H2,1-4H3,(H,18,19). The summed E-state index contributed by atoms with van der Waals surface area (Å²) in [6.45, 7) is 6.63. The third-order valence-electron chi connectivity index (χ3n) is 3.12. The Morgan fingerprint density at radius 1 is 1.30 bits per heavy atom. The fourth-order valence-electron chi connectivity index (χ4n) is 2.06. The van der Waals surface area contributed by atoms with Gasteiger partial charge in [0, 0.05) is 18.2 Å². The van der Waals surface area contributed by atoms with Crippen LogP contribution in [0.2, 0.25) is 0 Å². The molecule has 0 bridgehead atoms.